The predicted molar refractivity (Wildman–Crippen MR) is 77.3 cm³/mol. The molecule has 0 spiro atoms. The maximum Gasteiger partial charge on any atom is 0.214 e. The molecule has 5 nitrogen and oxygen atoms in total. The Bertz CT molecular complexity index is 484. The summed E-state index contributed by atoms with van der Waals surface area (Å²) in [6, 6.07) is 0.0215. The van der Waals surface area contributed by atoms with Gasteiger partial charge in [-0.1, -0.05) is 13.3 Å². The van der Waals surface area contributed by atoms with Crippen molar-refractivity contribution in [3.63, 3.8) is 0 Å². The fraction of sp³-hybridized carbons (Fsp3) is 1.00. The van der Waals surface area contributed by atoms with E-state index < -0.39 is 19.9 Å². The lowest BCUT2D eigenvalue weighted by Gasteiger charge is -2.27. The molecule has 7 heteroatoms. The van der Waals surface area contributed by atoms with Gasteiger partial charge in [-0.2, -0.15) is 4.31 Å². The van der Waals surface area contributed by atoms with Crippen LogP contribution in [-0.2, 0) is 19.9 Å². The van der Waals surface area contributed by atoms with Crippen LogP contribution in [0.25, 0.3) is 0 Å². The molecule has 1 fully saturated rings. The van der Waals surface area contributed by atoms with Crippen LogP contribution in [0.1, 0.15) is 39.5 Å². The van der Waals surface area contributed by atoms with Crippen molar-refractivity contribution in [3.8, 4) is 0 Å². The molecular weight excluding hydrogens is 286 g/mol. The van der Waals surface area contributed by atoms with E-state index in [1.807, 2.05) is 6.92 Å². The van der Waals surface area contributed by atoms with Crippen molar-refractivity contribution in [2.45, 2.75) is 45.6 Å². The largest absolute Gasteiger partial charge is 0.229 e. The summed E-state index contributed by atoms with van der Waals surface area (Å²) in [7, 11) is -6.43. The highest BCUT2D eigenvalue weighted by Gasteiger charge is 2.30. The first-order chi connectivity index (χ1) is 8.62. The lowest BCUT2D eigenvalue weighted by Crippen LogP contribution is -2.41. The third-order valence-corrected chi connectivity index (χ3v) is 6.64. The first-order valence-corrected chi connectivity index (χ1v) is 10.5. The molecule has 2 atom stereocenters. The van der Waals surface area contributed by atoms with E-state index in [1.165, 1.54) is 0 Å². The SMILES string of the molecule is C[C@@H]1CCC[C@@H](C)N(S(=O)(=O)CCCS(C)(=O)=O)C1. The molecule has 1 aliphatic rings. The number of rotatable bonds is 5. The Morgan fingerprint density at radius 1 is 1.05 bits per heavy atom. The standard InChI is InChI=1S/C12H25NO4S2/c1-11-6-4-7-12(2)13(10-11)19(16,17)9-5-8-18(3,14)15/h11-12H,4-10H2,1-3H3/t11-,12-/m1/s1. The lowest BCUT2D eigenvalue weighted by atomic mass is 10.1. The minimum atomic E-state index is -3.34. The third-order valence-electron chi connectivity index (χ3n) is 3.58. The molecule has 0 N–H and O–H groups in total. The van der Waals surface area contributed by atoms with Crippen LogP contribution in [0, 0.1) is 5.92 Å². The van der Waals surface area contributed by atoms with Crippen molar-refractivity contribution in [1.82, 2.24) is 4.31 Å². The molecule has 0 saturated carbocycles. The van der Waals surface area contributed by atoms with Crippen LogP contribution >= 0.6 is 0 Å². The Balaban J connectivity index is 2.69. The summed E-state index contributed by atoms with van der Waals surface area (Å²) in [4.78, 5) is 0. The Labute approximate surface area is 117 Å². The van der Waals surface area contributed by atoms with Gasteiger partial charge in [-0.3, -0.25) is 0 Å². The Morgan fingerprint density at radius 3 is 2.26 bits per heavy atom. The molecule has 0 radical (unpaired) electrons. The summed E-state index contributed by atoms with van der Waals surface area (Å²) in [5, 5.41) is 0. The van der Waals surface area contributed by atoms with E-state index >= 15 is 0 Å². The minimum absolute atomic E-state index is 0.0215. The highest BCUT2D eigenvalue weighted by atomic mass is 32.2. The van der Waals surface area contributed by atoms with Crippen LogP contribution in [0.5, 0.6) is 0 Å². The number of hydrogen-bond acceptors (Lipinski definition) is 4. The van der Waals surface area contributed by atoms with Gasteiger partial charge in [-0.25, -0.2) is 16.8 Å². The fourth-order valence-electron chi connectivity index (χ4n) is 2.49. The first-order valence-electron chi connectivity index (χ1n) is 6.79. The van der Waals surface area contributed by atoms with E-state index in [1.54, 1.807) is 4.31 Å². The van der Waals surface area contributed by atoms with Crippen LogP contribution in [0.15, 0.2) is 0 Å². The van der Waals surface area contributed by atoms with Crippen molar-refractivity contribution >= 4 is 19.9 Å². The number of sulfonamides is 1. The smallest absolute Gasteiger partial charge is 0.214 e. The van der Waals surface area contributed by atoms with Crippen LogP contribution < -0.4 is 0 Å². The first kappa shape index (κ1) is 16.9. The molecule has 1 heterocycles. The van der Waals surface area contributed by atoms with Crippen molar-refractivity contribution < 1.29 is 16.8 Å². The lowest BCUT2D eigenvalue weighted by molar-refractivity contribution is 0.317. The van der Waals surface area contributed by atoms with Crippen molar-refractivity contribution in [2.75, 3.05) is 24.3 Å². The zero-order valence-corrected chi connectivity index (χ0v) is 13.6. The molecule has 114 valence electrons. The van der Waals surface area contributed by atoms with E-state index in [-0.39, 0.29) is 24.0 Å². The van der Waals surface area contributed by atoms with Crippen LogP contribution in [0.3, 0.4) is 0 Å². The summed E-state index contributed by atoms with van der Waals surface area (Å²) < 4.78 is 48.3. The van der Waals surface area contributed by atoms with Gasteiger partial charge in [0, 0.05) is 18.8 Å². The summed E-state index contributed by atoms with van der Waals surface area (Å²) in [6.07, 6.45) is 4.31. The van der Waals surface area contributed by atoms with Gasteiger partial charge in [0.2, 0.25) is 10.0 Å². The minimum Gasteiger partial charge on any atom is -0.229 e. The van der Waals surface area contributed by atoms with Gasteiger partial charge in [-0.05, 0) is 32.1 Å². The fourth-order valence-corrected chi connectivity index (χ4v) is 5.22. The predicted octanol–water partition coefficient (Wildman–Crippen LogP) is 1.26. The van der Waals surface area contributed by atoms with Crippen molar-refractivity contribution in [3.05, 3.63) is 0 Å². The van der Waals surface area contributed by atoms with E-state index in [0.717, 1.165) is 25.5 Å². The monoisotopic (exact) mass is 311 g/mol. The summed E-state index contributed by atoms with van der Waals surface area (Å²) in [6.45, 7) is 4.56. The zero-order valence-electron chi connectivity index (χ0n) is 12.0. The van der Waals surface area contributed by atoms with Gasteiger partial charge < -0.3 is 0 Å². The molecule has 1 saturated heterocycles. The summed E-state index contributed by atoms with van der Waals surface area (Å²) in [5.74, 6) is 0.232. The molecule has 1 rings (SSSR count). The molecule has 1 aliphatic heterocycles. The van der Waals surface area contributed by atoms with E-state index in [4.69, 9.17) is 0 Å². The Morgan fingerprint density at radius 2 is 1.68 bits per heavy atom. The van der Waals surface area contributed by atoms with Crippen LogP contribution in [-0.4, -0.2) is 51.5 Å². The molecule has 0 aromatic heterocycles. The highest BCUT2D eigenvalue weighted by molar-refractivity contribution is 7.91. The molecule has 0 aliphatic carbocycles. The van der Waals surface area contributed by atoms with Gasteiger partial charge in [0.1, 0.15) is 9.84 Å². The maximum atomic E-state index is 12.3. The van der Waals surface area contributed by atoms with E-state index in [9.17, 15) is 16.8 Å². The van der Waals surface area contributed by atoms with Crippen molar-refractivity contribution in [2.24, 2.45) is 5.92 Å². The quantitative estimate of drug-likeness (QED) is 0.766. The third kappa shape index (κ3) is 5.79. The molecule has 0 aromatic rings. The van der Waals surface area contributed by atoms with Crippen molar-refractivity contribution in [1.29, 1.82) is 0 Å². The van der Waals surface area contributed by atoms with Crippen LogP contribution in [0.4, 0.5) is 0 Å². The molecular formula is C12H25NO4S2. The second-order valence-corrected chi connectivity index (χ2v) is 10.1. The Hall–Kier alpha value is -0.140. The van der Waals surface area contributed by atoms with E-state index in [0.29, 0.717) is 12.5 Å². The Kier molecular flexibility index (Phi) is 5.82. The van der Waals surface area contributed by atoms with Gasteiger partial charge in [0.05, 0.1) is 11.5 Å². The second kappa shape index (κ2) is 6.54. The topological polar surface area (TPSA) is 71.5 Å². The van der Waals surface area contributed by atoms with Gasteiger partial charge >= 0.3 is 0 Å². The second-order valence-electron chi connectivity index (χ2n) is 5.75. The van der Waals surface area contributed by atoms with Gasteiger partial charge in [0.25, 0.3) is 0 Å². The molecule has 0 unspecified atom stereocenters. The normalized spacial score (nSPS) is 27.1. The molecule has 0 aromatic carbocycles. The molecule has 0 bridgehead atoms. The number of hydrogen-bond donors (Lipinski definition) is 0. The van der Waals surface area contributed by atoms with Gasteiger partial charge in [-0.15, -0.1) is 0 Å². The molecule has 19 heavy (non-hydrogen) atoms. The molecule has 0 amide bonds. The zero-order chi connectivity index (χ0) is 14.7. The summed E-state index contributed by atoms with van der Waals surface area (Å²) >= 11 is 0. The highest BCUT2D eigenvalue weighted by Crippen LogP contribution is 2.23. The van der Waals surface area contributed by atoms with Gasteiger partial charge in [0.15, 0.2) is 0 Å². The average molecular weight is 311 g/mol. The average Bonchev–Trinajstić information content (AvgIpc) is 2.38. The number of sulfone groups is 1. The number of nitrogens with zero attached hydrogens (tertiary/aromatic N) is 1. The van der Waals surface area contributed by atoms with Crippen LogP contribution in [0.2, 0.25) is 0 Å². The van der Waals surface area contributed by atoms with E-state index in [2.05, 4.69) is 6.92 Å². The summed E-state index contributed by atoms with van der Waals surface area (Å²) in [5.41, 5.74) is 0. The maximum absolute atomic E-state index is 12.3.